The zero-order valence-corrected chi connectivity index (χ0v) is 23.9. The molecule has 14 heteroatoms. The van der Waals surface area contributed by atoms with Crippen molar-refractivity contribution in [2.75, 3.05) is 6.61 Å². The van der Waals surface area contributed by atoms with Crippen molar-refractivity contribution in [2.45, 2.75) is 57.5 Å². The van der Waals surface area contributed by atoms with Crippen molar-refractivity contribution < 1.29 is 40.7 Å². The number of nitrogens with zero attached hydrogens (tertiary/aromatic N) is 2. The monoisotopic (exact) mass is 626 g/mol. The van der Waals surface area contributed by atoms with Gasteiger partial charge in [-0.2, -0.15) is 26.3 Å². The average Bonchev–Trinajstić information content (AvgIpc) is 3.39. The Morgan fingerprint density at radius 2 is 1.77 bits per heavy atom. The van der Waals surface area contributed by atoms with E-state index >= 15 is 0 Å². The highest BCUT2D eigenvalue weighted by Gasteiger charge is 2.43. The second kappa shape index (κ2) is 12.7. The quantitative estimate of drug-likeness (QED) is 0.100. The number of benzene rings is 2. The molecule has 2 atom stereocenters. The van der Waals surface area contributed by atoms with Crippen molar-refractivity contribution in [3.63, 3.8) is 0 Å². The summed E-state index contributed by atoms with van der Waals surface area (Å²) in [4.78, 5) is 29.6. The first-order valence-electron chi connectivity index (χ1n) is 13.2. The Kier molecular flexibility index (Phi) is 9.38. The van der Waals surface area contributed by atoms with Crippen molar-refractivity contribution >= 4 is 33.4 Å². The van der Waals surface area contributed by atoms with Crippen LogP contribution in [-0.4, -0.2) is 33.2 Å². The van der Waals surface area contributed by atoms with E-state index in [0.717, 1.165) is 16.6 Å². The molecule has 4 aromatic rings. The second-order valence-corrected chi connectivity index (χ2v) is 10.8. The van der Waals surface area contributed by atoms with E-state index in [2.05, 4.69) is 22.0 Å². The largest absolute Gasteiger partial charge is 0.457 e. The highest BCUT2D eigenvalue weighted by molar-refractivity contribution is 7.16. The van der Waals surface area contributed by atoms with Gasteiger partial charge in [-0.1, -0.05) is 32.4 Å². The van der Waals surface area contributed by atoms with E-state index in [9.17, 15) is 35.9 Å². The summed E-state index contributed by atoms with van der Waals surface area (Å²) < 4.78 is 88.4. The molecule has 4 rings (SSSR count). The van der Waals surface area contributed by atoms with Gasteiger partial charge in [0.1, 0.15) is 6.61 Å². The molecular weight excluding hydrogens is 598 g/mol. The minimum Gasteiger partial charge on any atom is -0.457 e. The van der Waals surface area contributed by atoms with Gasteiger partial charge in [0.05, 0.1) is 50.2 Å². The van der Waals surface area contributed by atoms with Gasteiger partial charge in [0.25, 0.3) is 5.91 Å². The third-order valence-electron chi connectivity index (χ3n) is 6.85. The van der Waals surface area contributed by atoms with Crippen molar-refractivity contribution in [1.82, 2.24) is 20.1 Å². The van der Waals surface area contributed by atoms with Gasteiger partial charge in [0, 0.05) is 11.8 Å². The van der Waals surface area contributed by atoms with Gasteiger partial charge in [0.2, 0.25) is 0 Å². The normalized spacial score (nSPS) is 13.6. The lowest BCUT2D eigenvalue weighted by molar-refractivity contribution is -0.144. The van der Waals surface area contributed by atoms with Crippen LogP contribution in [0.2, 0.25) is 0 Å². The number of hydrogen-bond acceptors (Lipinski definition) is 5. The van der Waals surface area contributed by atoms with Crippen LogP contribution in [0.1, 0.15) is 82.7 Å². The standard InChI is InChI=1S/C29H28F6N4O3S/c1-4-5-9-23(16(2)14-42-27(41)25-19(28(30,31)32)7-6-8-20(25)29(33,34)35)39-13-22(38-39)17(3)37-26(40)18-10-11-21-24(12-18)43-15-36-21/h6-8,10-13,15,17,23,38H,2,4-5,9,14H2,1,3H3,(H,37,40). The molecule has 0 aliphatic heterocycles. The molecule has 2 aromatic carbocycles. The highest BCUT2D eigenvalue weighted by Crippen LogP contribution is 2.40. The first-order valence-corrected chi connectivity index (χ1v) is 14.1. The van der Waals surface area contributed by atoms with Crippen LogP contribution < -0.4 is 5.32 Å². The number of aromatic amines is 1. The van der Waals surface area contributed by atoms with E-state index in [1.54, 1.807) is 41.5 Å². The number of thiazole rings is 1. The molecule has 2 aromatic heterocycles. The number of alkyl halides is 6. The molecule has 2 heterocycles. The Morgan fingerprint density at radius 1 is 1.12 bits per heavy atom. The number of rotatable bonds is 11. The lowest BCUT2D eigenvalue weighted by Gasteiger charge is -2.29. The Hall–Kier alpha value is -4.07. The number of esters is 1. The first kappa shape index (κ1) is 31.9. The van der Waals surface area contributed by atoms with Gasteiger partial charge in [-0.05, 0) is 49.2 Å². The lowest BCUT2D eigenvalue weighted by atomic mass is 9.99. The maximum Gasteiger partial charge on any atom is 0.417 e. The summed E-state index contributed by atoms with van der Waals surface area (Å²) in [6.07, 6.45) is -6.70. The third kappa shape index (κ3) is 7.29. The van der Waals surface area contributed by atoms with E-state index < -0.39 is 53.7 Å². The molecule has 230 valence electrons. The smallest absolute Gasteiger partial charge is 0.417 e. The minimum atomic E-state index is -5.21. The van der Waals surface area contributed by atoms with E-state index in [4.69, 9.17) is 4.74 Å². The Balaban J connectivity index is 1.45. The number of hydrogen-bond donors (Lipinski definition) is 2. The zero-order valence-electron chi connectivity index (χ0n) is 23.1. The van der Waals surface area contributed by atoms with Crippen molar-refractivity contribution in [1.29, 1.82) is 0 Å². The molecule has 0 spiro atoms. The number of ether oxygens (including phenoxy) is 1. The Bertz CT molecular complexity index is 1570. The molecular formula is C29H28F6N4O3S. The summed E-state index contributed by atoms with van der Waals surface area (Å²) in [5, 5.41) is 5.99. The highest BCUT2D eigenvalue weighted by atomic mass is 32.1. The molecule has 0 radical (unpaired) electrons. The topological polar surface area (TPSA) is 89.0 Å². The van der Waals surface area contributed by atoms with Crippen LogP contribution in [0.15, 0.2) is 60.3 Å². The molecule has 0 aliphatic rings. The predicted molar refractivity (Wildman–Crippen MR) is 149 cm³/mol. The number of fused-ring (bicyclic) bond motifs is 1. The molecule has 0 fully saturated rings. The van der Waals surface area contributed by atoms with E-state index in [0.29, 0.717) is 42.3 Å². The summed E-state index contributed by atoms with van der Waals surface area (Å²) in [6.45, 7) is 7.00. The fourth-order valence-electron chi connectivity index (χ4n) is 4.53. The number of amides is 1. The number of carbonyl (C=O) groups is 2. The average molecular weight is 627 g/mol. The van der Waals surface area contributed by atoms with E-state index in [1.165, 1.54) is 11.3 Å². The fraction of sp³-hybridized carbons (Fsp3) is 0.345. The molecule has 2 N–H and O–H groups in total. The van der Waals surface area contributed by atoms with Crippen LogP contribution in [0, 0.1) is 0 Å². The molecule has 43 heavy (non-hydrogen) atoms. The van der Waals surface area contributed by atoms with Crippen LogP contribution in [0.5, 0.6) is 0 Å². The molecule has 0 saturated carbocycles. The lowest BCUT2D eigenvalue weighted by Crippen LogP contribution is -2.31. The molecule has 0 aliphatic carbocycles. The fourth-order valence-corrected chi connectivity index (χ4v) is 5.25. The number of nitrogens with one attached hydrogen (secondary N) is 2. The van der Waals surface area contributed by atoms with Crippen molar-refractivity contribution in [3.8, 4) is 0 Å². The number of unbranched alkanes of at least 4 members (excludes halogenated alkanes) is 1. The number of carbonyl (C=O) groups excluding carboxylic acids is 2. The summed E-state index contributed by atoms with van der Waals surface area (Å²) in [5.41, 5.74) is -1.19. The summed E-state index contributed by atoms with van der Waals surface area (Å²) >= 11 is 1.42. The Labute approximate surface area is 246 Å². The first-order chi connectivity index (χ1) is 20.2. The number of aromatic nitrogens is 3. The van der Waals surface area contributed by atoms with Crippen LogP contribution in [0.3, 0.4) is 0 Å². The number of H-pyrrole nitrogens is 1. The number of halogens is 6. The van der Waals surface area contributed by atoms with E-state index in [1.807, 2.05) is 6.92 Å². The summed E-state index contributed by atoms with van der Waals surface area (Å²) in [6, 6.07) is 5.67. The van der Waals surface area contributed by atoms with Gasteiger partial charge in [-0.3, -0.25) is 14.6 Å². The maximum absolute atomic E-state index is 13.5. The summed E-state index contributed by atoms with van der Waals surface area (Å²) in [7, 11) is 0. The summed E-state index contributed by atoms with van der Waals surface area (Å²) in [5.74, 6) is -2.04. The maximum atomic E-state index is 13.5. The minimum absolute atomic E-state index is 0.261. The van der Waals surface area contributed by atoms with Crippen molar-refractivity contribution in [2.24, 2.45) is 0 Å². The van der Waals surface area contributed by atoms with Crippen molar-refractivity contribution in [3.05, 3.63) is 88.2 Å². The van der Waals surface area contributed by atoms with Crippen LogP contribution in [-0.2, 0) is 17.1 Å². The van der Waals surface area contributed by atoms with Gasteiger partial charge >= 0.3 is 18.3 Å². The predicted octanol–water partition coefficient (Wildman–Crippen LogP) is 8.10. The molecule has 2 unspecified atom stereocenters. The van der Waals surface area contributed by atoms with Crippen LogP contribution in [0.4, 0.5) is 26.3 Å². The van der Waals surface area contributed by atoms with E-state index in [-0.39, 0.29) is 11.5 Å². The van der Waals surface area contributed by atoms with Gasteiger partial charge < -0.3 is 10.1 Å². The van der Waals surface area contributed by atoms with Crippen LogP contribution >= 0.6 is 11.3 Å². The molecule has 0 saturated heterocycles. The van der Waals surface area contributed by atoms with Gasteiger partial charge in [-0.25, -0.2) is 9.78 Å². The second-order valence-electron chi connectivity index (χ2n) is 9.95. The molecule has 7 nitrogen and oxygen atoms in total. The van der Waals surface area contributed by atoms with Gasteiger partial charge in [-0.15, -0.1) is 11.3 Å². The van der Waals surface area contributed by atoms with Crippen LogP contribution in [0.25, 0.3) is 10.2 Å². The SMILES string of the molecule is C=C(COC(=O)c1c(C(F)(F)F)cccc1C(F)(F)F)C(CCCC)n1cc(C(C)NC(=O)c2ccc3ncsc3c2)[nH]1. The van der Waals surface area contributed by atoms with Gasteiger partial charge in [0.15, 0.2) is 0 Å². The molecule has 0 bridgehead atoms. The molecule has 1 amide bonds. The zero-order chi connectivity index (χ0) is 31.5. The Morgan fingerprint density at radius 3 is 2.37 bits per heavy atom. The third-order valence-corrected chi connectivity index (χ3v) is 7.64.